The molecule has 1 unspecified atom stereocenters. The number of thiazole rings is 1. The van der Waals surface area contributed by atoms with Gasteiger partial charge >= 0.3 is 0 Å². The summed E-state index contributed by atoms with van der Waals surface area (Å²) in [4.78, 5) is 19.5. The number of ether oxygens (including phenoxy) is 2. The molecule has 2 aromatic carbocycles. The summed E-state index contributed by atoms with van der Waals surface area (Å²) >= 11 is 7.74. The van der Waals surface area contributed by atoms with Crippen molar-refractivity contribution in [2.75, 3.05) is 20.8 Å². The van der Waals surface area contributed by atoms with Crippen LogP contribution in [-0.2, 0) is 19.5 Å². The Morgan fingerprint density at radius 3 is 2.51 bits per heavy atom. The van der Waals surface area contributed by atoms with Gasteiger partial charge in [-0.15, -0.1) is 11.3 Å². The van der Waals surface area contributed by atoms with E-state index in [0.29, 0.717) is 23.9 Å². The average molecular weight is 516 g/mol. The van der Waals surface area contributed by atoms with Crippen molar-refractivity contribution in [3.63, 3.8) is 0 Å². The summed E-state index contributed by atoms with van der Waals surface area (Å²) in [6, 6.07) is 14.0. The molecule has 1 aromatic heterocycles. The molecule has 3 rings (SSSR count). The number of aromatic nitrogens is 1. The summed E-state index contributed by atoms with van der Waals surface area (Å²) in [5.41, 5.74) is 2.76. The number of carbonyl (C=O) groups is 1. The molecular formula is C27H34ClN3O3S. The molecule has 0 fully saturated rings. The molecule has 0 saturated heterocycles. The molecule has 1 atom stereocenters. The van der Waals surface area contributed by atoms with Gasteiger partial charge < -0.3 is 14.8 Å². The van der Waals surface area contributed by atoms with Crippen molar-refractivity contribution in [3.8, 4) is 11.5 Å². The van der Waals surface area contributed by atoms with Crippen LogP contribution in [0.2, 0.25) is 5.02 Å². The second kappa shape index (κ2) is 12.9. The number of carbonyl (C=O) groups excluding carboxylic acids is 1. The van der Waals surface area contributed by atoms with Crippen molar-refractivity contribution in [1.29, 1.82) is 0 Å². The molecular weight excluding hydrogens is 482 g/mol. The lowest BCUT2D eigenvalue weighted by atomic mass is 10.1. The van der Waals surface area contributed by atoms with Crippen molar-refractivity contribution in [2.45, 2.75) is 46.3 Å². The summed E-state index contributed by atoms with van der Waals surface area (Å²) in [6.07, 6.45) is 0.825. The molecule has 0 radical (unpaired) electrons. The monoisotopic (exact) mass is 515 g/mol. The van der Waals surface area contributed by atoms with Crippen LogP contribution in [0.3, 0.4) is 0 Å². The Bertz CT molecular complexity index is 1120. The molecule has 0 aliphatic heterocycles. The van der Waals surface area contributed by atoms with E-state index in [1.165, 1.54) is 11.3 Å². The van der Waals surface area contributed by atoms with Crippen LogP contribution < -0.4 is 14.8 Å². The van der Waals surface area contributed by atoms with Crippen LogP contribution in [0.4, 0.5) is 0 Å². The number of nitrogens with zero attached hydrogens (tertiary/aromatic N) is 2. The van der Waals surface area contributed by atoms with Gasteiger partial charge in [-0.25, -0.2) is 4.98 Å². The lowest BCUT2D eigenvalue weighted by molar-refractivity contribution is 0.0925. The summed E-state index contributed by atoms with van der Waals surface area (Å²) in [7, 11) is 3.28. The minimum Gasteiger partial charge on any atom is -0.493 e. The van der Waals surface area contributed by atoms with Gasteiger partial charge in [-0.05, 0) is 54.7 Å². The highest BCUT2D eigenvalue weighted by Crippen LogP contribution is 2.28. The number of hydrogen-bond acceptors (Lipinski definition) is 6. The zero-order chi connectivity index (χ0) is 25.4. The SMILES string of the molecule is COc1ccc(CCN(Cc2cccc(Cl)c2)Cc2nc(C(=O)NC(C)C(C)C)cs2)cc1OC. The molecule has 0 aliphatic rings. The molecule has 188 valence electrons. The highest BCUT2D eigenvalue weighted by Gasteiger charge is 2.17. The molecule has 1 heterocycles. The van der Waals surface area contributed by atoms with E-state index in [-0.39, 0.29) is 11.9 Å². The molecule has 3 aromatic rings. The van der Waals surface area contributed by atoms with Crippen LogP contribution >= 0.6 is 22.9 Å². The zero-order valence-corrected chi connectivity index (χ0v) is 22.6. The van der Waals surface area contributed by atoms with Gasteiger partial charge in [0.2, 0.25) is 0 Å². The van der Waals surface area contributed by atoms with Gasteiger partial charge in [-0.1, -0.05) is 43.6 Å². The molecule has 0 aliphatic carbocycles. The Balaban J connectivity index is 1.73. The fraction of sp³-hybridized carbons (Fsp3) is 0.407. The number of amides is 1. The number of nitrogens with one attached hydrogen (secondary N) is 1. The maximum absolute atomic E-state index is 12.6. The highest BCUT2D eigenvalue weighted by molar-refractivity contribution is 7.09. The second-order valence-corrected chi connectivity index (χ2v) is 10.3. The number of halogens is 1. The van der Waals surface area contributed by atoms with Gasteiger partial charge in [0.05, 0.1) is 20.8 Å². The minimum atomic E-state index is -0.125. The predicted molar refractivity (Wildman–Crippen MR) is 143 cm³/mol. The van der Waals surface area contributed by atoms with E-state index < -0.39 is 0 Å². The van der Waals surface area contributed by atoms with Crippen LogP contribution in [0.1, 0.15) is 47.4 Å². The fourth-order valence-electron chi connectivity index (χ4n) is 3.56. The van der Waals surface area contributed by atoms with Gasteiger partial charge in [-0.3, -0.25) is 9.69 Å². The summed E-state index contributed by atoms with van der Waals surface area (Å²) < 4.78 is 10.8. The van der Waals surface area contributed by atoms with Crippen LogP contribution in [0.15, 0.2) is 47.8 Å². The molecule has 0 spiro atoms. The first kappa shape index (κ1) is 27.0. The topological polar surface area (TPSA) is 63.7 Å². The molecule has 0 saturated carbocycles. The molecule has 6 nitrogen and oxygen atoms in total. The van der Waals surface area contributed by atoms with E-state index in [4.69, 9.17) is 21.1 Å². The number of benzene rings is 2. The first-order chi connectivity index (χ1) is 16.8. The highest BCUT2D eigenvalue weighted by atomic mass is 35.5. The van der Waals surface area contributed by atoms with Crippen molar-refractivity contribution in [2.24, 2.45) is 5.92 Å². The quantitative estimate of drug-likeness (QED) is 0.328. The number of hydrogen-bond donors (Lipinski definition) is 1. The lowest BCUT2D eigenvalue weighted by Gasteiger charge is -2.22. The Hall–Kier alpha value is -2.61. The summed E-state index contributed by atoms with van der Waals surface area (Å²) in [5, 5.41) is 6.49. The Morgan fingerprint density at radius 2 is 1.83 bits per heavy atom. The van der Waals surface area contributed by atoms with Crippen molar-refractivity contribution >= 4 is 28.8 Å². The van der Waals surface area contributed by atoms with Crippen molar-refractivity contribution in [1.82, 2.24) is 15.2 Å². The third kappa shape index (κ3) is 7.95. The summed E-state index contributed by atoms with van der Waals surface area (Å²) in [6.45, 7) is 8.34. The minimum absolute atomic E-state index is 0.0912. The maximum atomic E-state index is 12.6. The maximum Gasteiger partial charge on any atom is 0.270 e. The molecule has 1 amide bonds. The molecule has 1 N–H and O–H groups in total. The number of methoxy groups -OCH3 is 2. The standard InChI is InChI=1S/C27H34ClN3O3S/c1-18(2)19(3)29-27(32)23-17-35-26(30-23)16-31(15-21-7-6-8-22(28)13-21)12-11-20-9-10-24(33-4)25(14-20)34-5/h6-10,13-14,17-19H,11-12,15-16H2,1-5H3,(H,29,32). The van der Waals surface area contributed by atoms with Gasteiger partial charge in [0, 0.05) is 29.5 Å². The van der Waals surface area contributed by atoms with E-state index in [9.17, 15) is 4.79 Å². The Morgan fingerprint density at radius 1 is 1.06 bits per heavy atom. The van der Waals surface area contributed by atoms with Gasteiger partial charge in [0.25, 0.3) is 5.91 Å². The van der Waals surface area contributed by atoms with Gasteiger partial charge in [-0.2, -0.15) is 0 Å². The predicted octanol–water partition coefficient (Wildman–Crippen LogP) is 5.83. The molecule has 8 heteroatoms. The van der Waals surface area contributed by atoms with E-state index in [1.54, 1.807) is 14.2 Å². The third-order valence-corrected chi connectivity index (χ3v) is 7.03. The van der Waals surface area contributed by atoms with Crippen LogP contribution in [0, 0.1) is 5.92 Å². The van der Waals surface area contributed by atoms with Gasteiger partial charge in [0.1, 0.15) is 10.7 Å². The van der Waals surface area contributed by atoms with E-state index in [2.05, 4.69) is 41.2 Å². The van der Waals surface area contributed by atoms with Crippen molar-refractivity contribution in [3.05, 3.63) is 74.7 Å². The van der Waals surface area contributed by atoms with Crippen LogP contribution in [0.25, 0.3) is 0 Å². The number of rotatable bonds is 12. The average Bonchev–Trinajstić information content (AvgIpc) is 3.31. The fourth-order valence-corrected chi connectivity index (χ4v) is 4.59. The van der Waals surface area contributed by atoms with E-state index in [1.807, 2.05) is 42.6 Å². The lowest BCUT2D eigenvalue weighted by Crippen LogP contribution is -2.36. The van der Waals surface area contributed by atoms with E-state index >= 15 is 0 Å². The smallest absolute Gasteiger partial charge is 0.270 e. The van der Waals surface area contributed by atoms with Crippen LogP contribution in [0.5, 0.6) is 11.5 Å². The summed E-state index contributed by atoms with van der Waals surface area (Å²) in [5.74, 6) is 1.67. The largest absolute Gasteiger partial charge is 0.493 e. The molecule has 35 heavy (non-hydrogen) atoms. The van der Waals surface area contributed by atoms with Crippen molar-refractivity contribution < 1.29 is 14.3 Å². The first-order valence-corrected chi connectivity index (χ1v) is 13.0. The first-order valence-electron chi connectivity index (χ1n) is 11.7. The normalized spacial score (nSPS) is 12.1. The second-order valence-electron chi connectivity index (χ2n) is 8.91. The zero-order valence-electron chi connectivity index (χ0n) is 21.0. The van der Waals surface area contributed by atoms with Gasteiger partial charge in [0.15, 0.2) is 11.5 Å². The Kier molecular flexibility index (Phi) is 9.95. The van der Waals surface area contributed by atoms with E-state index in [0.717, 1.165) is 46.4 Å². The molecule has 0 bridgehead atoms. The Labute approximate surface area is 217 Å². The third-order valence-electron chi connectivity index (χ3n) is 5.96. The van der Waals surface area contributed by atoms with Crippen LogP contribution in [-0.4, -0.2) is 42.6 Å².